The lowest BCUT2D eigenvalue weighted by atomic mass is 10.3. The summed E-state index contributed by atoms with van der Waals surface area (Å²) in [4.78, 5) is 29.5. The first kappa shape index (κ1) is 14.4. The SMILES string of the molecule is O=C(Nc1nc(-c2ccccn2)cs1)c1cnc2ccccc2n1. The number of fused-ring (bicyclic) bond motifs is 1. The quantitative estimate of drug-likeness (QED) is 0.621. The van der Waals surface area contributed by atoms with Gasteiger partial charge in [0.2, 0.25) is 0 Å². The van der Waals surface area contributed by atoms with Crippen LogP contribution < -0.4 is 5.32 Å². The van der Waals surface area contributed by atoms with Gasteiger partial charge in [0.25, 0.3) is 5.91 Å². The molecular weight excluding hydrogens is 322 g/mol. The molecule has 0 aliphatic rings. The van der Waals surface area contributed by atoms with Gasteiger partial charge in [-0.1, -0.05) is 18.2 Å². The van der Waals surface area contributed by atoms with E-state index < -0.39 is 0 Å². The van der Waals surface area contributed by atoms with Crippen LogP contribution in [0.3, 0.4) is 0 Å². The van der Waals surface area contributed by atoms with Crippen molar-refractivity contribution in [2.75, 3.05) is 5.32 Å². The van der Waals surface area contributed by atoms with Gasteiger partial charge < -0.3 is 0 Å². The second kappa shape index (κ2) is 6.13. The molecule has 3 aromatic heterocycles. The van der Waals surface area contributed by atoms with E-state index in [9.17, 15) is 4.79 Å². The highest BCUT2D eigenvalue weighted by Gasteiger charge is 2.12. The maximum absolute atomic E-state index is 12.3. The van der Waals surface area contributed by atoms with E-state index in [4.69, 9.17) is 0 Å². The van der Waals surface area contributed by atoms with E-state index in [2.05, 4.69) is 25.3 Å². The number of pyridine rings is 1. The Labute approximate surface area is 141 Å². The van der Waals surface area contributed by atoms with Crippen LogP contribution in [0.4, 0.5) is 5.13 Å². The molecule has 0 fully saturated rings. The number of anilines is 1. The average molecular weight is 333 g/mol. The molecule has 3 heterocycles. The Morgan fingerprint density at radius 3 is 2.58 bits per heavy atom. The van der Waals surface area contributed by atoms with Crippen LogP contribution in [0.1, 0.15) is 10.5 Å². The minimum atomic E-state index is -0.338. The fourth-order valence-corrected chi connectivity index (χ4v) is 2.89. The summed E-state index contributed by atoms with van der Waals surface area (Å²) >= 11 is 1.34. The lowest BCUT2D eigenvalue weighted by Gasteiger charge is -2.02. The van der Waals surface area contributed by atoms with Gasteiger partial charge in [0.15, 0.2) is 5.13 Å². The number of carbonyl (C=O) groups excluding carboxylic acids is 1. The highest BCUT2D eigenvalue weighted by molar-refractivity contribution is 7.14. The van der Waals surface area contributed by atoms with E-state index >= 15 is 0 Å². The third kappa shape index (κ3) is 2.84. The van der Waals surface area contributed by atoms with Crippen LogP contribution in [0.2, 0.25) is 0 Å². The normalized spacial score (nSPS) is 10.7. The summed E-state index contributed by atoms with van der Waals surface area (Å²) in [5.74, 6) is -0.338. The number of amides is 1. The van der Waals surface area contributed by atoms with Crippen LogP contribution in [0.5, 0.6) is 0 Å². The predicted octanol–water partition coefficient (Wildman–Crippen LogP) is 3.40. The standard InChI is InChI=1S/C17H11N5OS/c23-16(14-9-19-11-5-1-2-7-13(11)20-14)22-17-21-15(10-24-17)12-6-3-4-8-18-12/h1-10H,(H,21,22,23). The Morgan fingerprint density at radius 2 is 1.75 bits per heavy atom. The molecular formula is C17H11N5OS. The van der Waals surface area contributed by atoms with Gasteiger partial charge in [0.1, 0.15) is 11.4 Å². The number of nitrogens with one attached hydrogen (secondary N) is 1. The number of thiazole rings is 1. The van der Waals surface area contributed by atoms with Crippen molar-refractivity contribution in [3.05, 3.63) is 65.9 Å². The van der Waals surface area contributed by atoms with Gasteiger partial charge >= 0.3 is 0 Å². The molecule has 0 atom stereocenters. The Bertz CT molecular complexity index is 1020. The Kier molecular flexibility index (Phi) is 3.68. The second-order valence-corrected chi connectivity index (χ2v) is 5.81. The predicted molar refractivity (Wildman–Crippen MR) is 92.8 cm³/mol. The summed E-state index contributed by atoms with van der Waals surface area (Å²) in [6, 6.07) is 13.0. The van der Waals surface area contributed by atoms with Crippen LogP contribution in [0.15, 0.2) is 60.2 Å². The zero-order valence-corrected chi connectivity index (χ0v) is 13.2. The third-order valence-corrected chi connectivity index (χ3v) is 4.09. The fourth-order valence-electron chi connectivity index (χ4n) is 2.19. The summed E-state index contributed by atoms with van der Waals surface area (Å²) in [6.45, 7) is 0. The van der Waals surface area contributed by atoms with Crippen LogP contribution in [-0.2, 0) is 0 Å². The van der Waals surface area contributed by atoms with Crippen molar-refractivity contribution >= 4 is 33.4 Å². The maximum atomic E-state index is 12.3. The highest BCUT2D eigenvalue weighted by Crippen LogP contribution is 2.23. The van der Waals surface area contributed by atoms with Crippen LogP contribution in [-0.4, -0.2) is 25.8 Å². The molecule has 0 saturated heterocycles. The summed E-state index contributed by atoms with van der Waals surface area (Å²) < 4.78 is 0. The number of carbonyl (C=O) groups is 1. The third-order valence-electron chi connectivity index (χ3n) is 3.33. The minimum Gasteiger partial charge on any atom is -0.296 e. The van der Waals surface area contributed by atoms with Crippen molar-refractivity contribution in [1.82, 2.24) is 19.9 Å². The molecule has 1 aromatic carbocycles. The van der Waals surface area contributed by atoms with Gasteiger partial charge in [-0.25, -0.2) is 9.97 Å². The van der Waals surface area contributed by atoms with Crippen molar-refractivity contribution in [1.29, 1.82) is 0 Å². The van der Waals surface area contributed by atoms with E-state index in [1.165, 1.54) is 17.5 Å². The van der Waals surface area contributed by atoms with Gasteiger partial charge in [0.05, 0.1) is 22.9 Å². The van der Waals surface area contributed by atoms with Crippen molar-refractivity contribution < 1.29 is 4.79 Å². The summed E-state index contributed by atoms with van der Waals surface area (Å²) in [7, 11) is 0. The molecule has 4 aromatic rings. The molecule has 0 unspecified atom stereocenters. The average Bonchev–Trinajstić information content (AvgIpc) is 3.10. The van der Waals surface area contributed by atoms with Crippen LogP contribution in [0.25, 0.3) is 22.4 Å². The molecule has 6 nitrogen and oxygen atoms in total. The first-order valence-electron chi connectivity index (χ1n) is 7.20. The molecule has 0 saturated carbocycles. The maximum Gasteiger partial charge on any atom is 0.277 e. The molecule has 116 valence electrons. The zero-order valence-electron chi connectivity index (χ0n) is 12.4. The van der Waals surface area contributed by atoms with Crippen molar-refractivity contribution in [2.24, 2.45) is 0 Å². The lowest BCUT2D eigenvalue weighted by molar-refractivity contribution is 0.102. The van der Waals surface area contributed by atoms with Crippen molar-refractivity contribution in [3.63, 3.8) is 0 Å². The number of hydrogen-bond acceptors (Lipinski definition) is 6. The van der Waals surface area contributed by atoms with Gasteiger partial charge in [0, 0.05) is 11.6 Å². The molecule has 1 amide bonds. The zero-order chi connectivity index (χ0) is 16.4. The van der Waals surface area contributed by atoms with Gasteiger partial charge in [-0.2, -0.15) is 0 Å². The van der Waals surface area contributed by atoms with Crippen LogP contribution >= 0.6 is 11.3 Å². The minimum absolute atomic E-state index is 0.253. The molecule has 0 spiro atoms. The lowest BCUT2D eigenvalue weighted by Crippen LogP contribution is -2.14. The topological polar surface area (TPSA) is 80.7 Å². The number of aromatic nitrogens is 4. The monoisotopic (exact) mass is 333 g/mol. The van der Waals surface area contributed by atoms with E-state index in [0.717, 1.165) is 16.9 Å². The first-order chi connectivity index (χ1) is 11.8. The summed E-state index contributed by atoms with van der Waals surface area (Å²) in [6.07, 6.45) is 3.17. The molecule has 1 N–H and O–H groups in total. The first-order valence-corrected chi connectivity index (χ1v) is 8.08. The molecule has 7 heteroatoms. The van der Waals surface area contributed by atoms with E-state index in [-0.39, 0.29) is 11.6 Å². The van der Waals surface area contributed by atoms with Gasteiger partial charge in [-0.3, -0.25) is 20.1 Å². The number of hydrogen-bond donors (Lipinski definition) is 1. The smallest absolute Gasteiger partial charge is 0.277 e. The van der Waals surface area contributed by atoms with Crippen molar-refractivity contribution in [3.8, 4) is 11.4 Å². The molecule has 4 rings (SSSR count). The largest absolute Gasteiger partial charge is 0.296 e. The van der Waals surface area contributed by atoms with Crippen LogP contribution in [0, 0.1) is 0 Å². The van der Waals surface area contributed by atoms with Gasteiger partial charge in [-0.05, 0) is 24.3 Å². The Balaban J connectivity index is 1.56. The highest BCUT2D eigenvalue weighted by atomic mass is 32.1. The molecule has 24 heavy (non-hydrogen) atoms. The van der Waals surface area contributed by atoms with Gasteiger partial charge in [-0.15, -0.1) is 11.3 Å². The fraction of sp³-hybridized carbons (Fsp3) is 0. The number of rotatable bonds is 3. The molecule has 0 aliphatic carbocycles. The van der Waals surface area contributed by atoms with E-state index in [0.29, 0.717) is 10.6 Å². The van der Waals surface area contributed by atoms with Crippen molar-refractivity contribution in [2.45, 2.75) is 0 Å². The molecule has 0 radical (unpaired) electrons. The molecule has 0 aliphatic heterocycles. The van der Waals surface area contributed by atoms with E-state index in [1.54, 1.807) is 6.20 Å². The molecule has 0 bridgehead atoms. The summed E-state index contributed by atoms with van der Waals surface area (Å²) in [5, 5.41) is 5.10. The number of para-hydroxylation sites is 2. The Morgan fingerprint density at radius 1 is 0.917 bits per heavy atom. The number of nitrogens with zero attached hydrogens (tertiary/aromatic N) is 4. The summed E-state index contributed by atoms with van der Waals surface area (Å²) in [5.41, 5.74) is 3.17. The number of benzene rings is 1. The Hall–Kier alpha value is -3.19. The van der Waals surface area contributed by atoms with E-state index in [1.807, 2.05) is 47.8 Å². The second-order valence-electron chi connectivity index (χ2n) is 4.95.